The summed E-state index contributed by atoms with van der Waals surface area (Å²) in [6.07, 6.45) is 10.5. The summed E-state index contributed by atoms with van der Waals surface area (Å²) in [5.74, 6) is 1.24. The lowest BCUT2D eigenvalue weighted by atomic mass is 9.98. The van der Waals surface area contributed by atoms with E-state index in [-0.39, 0.29) is 0 Å². The van der Waals surface area contributed by atoms with E-state index in [1.54, 1.807) is 6.33 Å². The Labute approximate surface area is 115 Å². The number of aromatic nitrogens is 2. The van der Waals surface area contributed by atoms with Gasteiger partial charge in [0.25, 0.3) is 0 Å². The number of hydrogen-bond acceptors (Lipinski definition) is 4. The van der Waals surface area contributed by atoms with Crippen molar-refractivity contribution < 1.29 is 0 Å². The molecule has 0 spiro atoms. The van der Waals surface area contributed by atoms with Crippen LogP contribution in [0.3, 0.4) is 0 Å². The first-order valence-corrected chi connectivity index (χ1v) is 7.64. The van der Waals surface area contributed by atoms with Gasteiger partial charge in [-0.3, -0.25) is 0 Å². The Morgan fingerprint density at radius 3 is 3.11 bits per heavy atom. The highest BCUT2D eigenvalue weighted by atomic mass is 15.2. The third-order valence-corrected chi connectivity index (χ3v) is 4.48. The van der Waals surface area contributed by atoms with Gasteiger partial charge in [-0.05, 0) is 58.5 Å². The Morgan fingerprint density at radius 2 is 2.21 bits per heavy atom. The third-order valence-electron chi connectivity index (χ3n) is 4.48. The molecule has 0 aromatic carbocycles. The second-order valence-electron chi connectivity index (χ2n) is 5.71. The zero-order valence-electron chi connectivity index (χ0n) is 11.9. The molecule has 0 saturated carbocycles. The molecule has 2 heterocycles. The molecule has 2 aliphatic rings. The molecule has 1 unspecified atom stereocenters. The van der Waals surface area contributed by atoms with E-state index in [0.29, 0.717) is 6.04 Å². The van der Waals surface area contributed by atoms with Gasteiger partial charge in [-0.15, -0.1) is 0 Å². The number of aryl methyl sites for hydroxylation is 1. The predicted molar refractivity (Wildman–Crippen MR) is 77.6 cm³/mol. The standard InChI is InChI=1S/C15H24N4/c1-16-9-8-12-5-2-3-10-19(12)15-13-6-4-7-14(13)17-11-18-15/h11-12,16H,2-10H2,1H3. The number of nitrogens with zero attached hydrogens (tertiary/aromatic N) is 3. The first kappa shape index (κ1) is 12.9. The van der Waals surface area contributed by atoms with Crippen molar-refractivity contribution in [3.05, 3.63) is 17.6 Å². The molecule has 1 N–H and O–H groups in total. The predicted octanol–water partition coefficient (Wildman–Crippen LogP) is 1.93. The van der Waals surface area contributed by atoms with Gasteiger partial charge in [0, 0.05) is 23.8 Å². The lowest BCUT2D eigenvalue weighted by Gasteiger charge is -2.37. The molecular formula is C15H24N4. The highest BCUT2D eigenvalue weighted by molar-refractivity contribution is 5.51. The summed E-state index contributed by atoms with van der Waals surface area (Å²) in [6.45, 7) is 2.26. The number of piperidine rings is 1. The van der Waals surface area contributed by atoms with Crippen molar-refractivity contribution in [1.82, 2.24) is 15.3 Å². The number of nitrogens with one attached hydrogen (secondary N) is 1. The smallest absolute Gasteiger partial charge is 0.135 e. The number of fused-ring (bicyclic) bond motifs is 1. The molecule has 1 saturated heterocycles. The van der Waals surface area contributed by atoms with Crippen molar-refractivity contribution in [3.8, 4) is 0 Å². The van der Waals surface area contributed by atoms with Gasteiger partial charge in [0.15, 0.2) is 0 Å². The Hall–Kier alpha value is -1.16. The fourth-order valence-corrected chi connectivity index (χ4v) is 3.48. The Balaban J connectivity index is 1.84. The molecular weight excluding hydrogens is 236 g/mol. The van der Waals surface area contributed by atoms with Crippen molar-refractivity contribution in [2.75, 3.05) is 25.0 Å². The van der Waals surface area contributed by atoms with Gasteiger partial charge in [-0.2, -0.15) is 0 Å². The zero-order valence-corrected chi connectivity index (χ0v) is 11.9. The van der Waals surface area contributed by atoms with Crippen LogP contribution >= 0.6 is 0 Å². The van der Waals surface area contributed by atoms with Gasteiger partial charge in [0.1, 0.15) is 12.1 Å². The lowest BCUT2D eigenvalue weighted by Crippen LogP contribution is -2.42. The van der Waals surface area contributed by atoms with E-state index in [4.69, 9.17) is 0 Å². The minimum atomic E-state index is 0.654. The van der Waals surface area contributed by atoms with Gasteiger partial charge in [-0.1, -0.05) is 0 Å². The zero-order chi connectivity index (χ0) is 13.1. The maximum absolute atomic E-state index is 4.63. The number of hydrogen-bond donors (Lipinski definition) is 1. The van der Waals surface area contributed by atoms with Crippen molar-refractivity contribution in [2.45, 2.75) is 51.0 Å². The molecule has 4 nitrogen and oxygen atoms in total. The summed E-state index contributed by atoms with van der Waals surface area (Å²) < 4.78 is 0. The highest BCUT2D eigenvalue weighted by Crippen LogP contribution is 2.32. The van der Waals surface area contributed by atoms with Crippen LogP contribution in [-0.4, -0.2) is 36.1 Å². The Bertz CT molecular complexity index is 432. The van der Waals surface area contributed by atoms with Gasteiger partial charge in [-0.25, -0.2) is 9.97 Å². The van der Waals surface area contributed by atoms with Crippen molar-refractivity contribution in [3.63, 3.8) is 0 Å². The summed E-state index contributed by atoms with van der Waals surface area (Å²) in [5, 5.41) is 3.28. The molecule has 0 radical (unpaired) electrons. The van der Waals surface area contributed by atoms with Crippen LogP contribution in [0.5, 0.6) is 0 Å². The van der Waals surface area contributed by atoms with Gasteiger partial charge in [0.05, 0.1) is 0 Å². The maximum Gasteiger partial charge on any atom is 0.135 e. The first-order valence-electron chi connectivity index (χ1n) is 7.64. The van der Waals surface area contributed by atoms with Crippen LogP contribution in [0.15, 0.2) is 6.33 Å². The molecule has 3 rings (SSSR count). The molecule has 1 aliphatic carbocycles. The Morgan fingerprint density at radius 1 is 1.26 bits per heavy atom. The minimum absolute atomic E-state index is 0.654. The molecule has 1 aliphatic heterocycles. The molecule has 1 aromatic rings. The second-order valence-corrected chi connectivity index (χ2v) is 5.71. The van der Waals surface area contributed by atoms with Crippen LogP contribution in [0.25, 0.3) is 0 Å². The van der Waals surface area contributed by atoms with Gasteiger partial charge >= 0.3 is 0 Å². The van der Waals surface area contributed by atoms with E-state index in [2.05, 4.69) is 20.2 Å². The Kier molecular flexibility index (Phi) is 3.97. The average molecular weight is 260 g/mol. The van der Waals surface area contributed by atoms with E-state index in [9.17, 15) is 0 Å². The first-order chi connectivity index (χ1) is 9.40. The van der Waals surface area contributed by atoms with Crippen molar-refractivity contribution in [1.29, 1.82) is 0 Å². The van der Waals surface area contributed by atoms with Crippen molar-refractivity contribution >= 4 is 5.82 Å². The van der Waals surface area contributed by atoms with Gasteiger partial charge < -0.3 is 10.2 Å². The van der Waals surface area contributed by atoms with Crippen LogP contribution in [0.1, 0.15) is 43.4 Å². The van der Waals surface area contributed by atoms with Crippen LogP contribution < -0.4 is 10.2 Å². The highest BCUT2D eigenvalue weighted by Gasteiger charge is 2.27. The normalized spacial score (nSPS) is 22.6. The SMILES string of the molecule is CNCCC1CCCCN1c1ncnc2c1CCC2. The molecule has 4 heteroatoms. The third kappa shape index (κ3) is 2.59. The summed E-state index contributed by atoms with van der Waals surface area (Å²) >= 11 is 0. The fourth-order valence-electron chi connectivity index (χ4n) is 3.48. The number of anilines is 1. The molecule has 1 aromatic heterocycles. The molecule has 1 atom stereocenters. The molecule has 104 valence electrons. The van der Waals surface area contributed by atoms with E-state index in [0.717, 1.165) is 19.5 Å². The minimum Gasteiger partial charge on any atom is -0.353 e. The van der Waals surface area contributed by atoms with Crippen molar-refractivity contribution in [2.24, 2.45) is 0 Å². The van der Waals surface area contributed by atoms with Crippen LogP contribution in [0.2, 0.25) is 0 Å². The summed E-state index contributed by atoms with van der Waals surface area (Å²) in [5.41, 5.74) is 2.72. The van der Waals surface area contributed by atoms with E-state index >= 15 is 0 Å². The second kappa shape index (κ2) is 5.87. The van der Waals surface area contributed by atoms with Crippen LogP contribution in [-0.2, 0) is 12.8 Å². The van der Waals surface area contributed by atoms with Crippen LogP contribution in [0.4, 0.5) is 5.82 Å². The van der Waals surface area contributed by atoms with Crippen LogP contribution in [0, 0.1) is 0 Å². The topological polar surface area (TPSA) is 41.0 Å². The largest absolute Gasteiger partial charge is 0.353 e. The summed E-state index contributed by atoms with van der Waals surface area (Å²) in [4.78, 5) is 11.6. The van der Waals surface area contributed by atoms with E-state index in [1.807, 2.05) is 7.05 Å². The molecule has 19 heavy (non-hydrogen) atoms. The van der Waals surface area contributed by atoms with Gasteiger partial charge in [0.2, 0.25) is 0 Å². The van der Waals surface area contributed by atoms with E-state index in [1.165, 1.54) is 55.6 Å². The number of rotatable bonds is 4. The van der Waals surface area contributed by atoms with E-state index < -0.39 is 0 Å². The summed E-state index contributed by atoms with van der Waals surface area (Å²) in [6, 6.07) is 0.654. The molecule has 1 fully saturated rings. The monoisotopic (exact) mass is 260 g/mol. The maximum atomic E-state index is 4.63. The fraction of sp³-hybridized carbons (Fsp3) is 0.733. The summed E-state index contributed by atoms with van der Waals surface area (Å²) in [7, 11) is 2.04. The molecule has 0 amide bonds. The average Bonchev–Trinajstić information content (AvgIpc) is 2.94. The lowest BCUT2D eigenvalue weighted by molar-refractivity contribution is 0.429. The molecule has 0 bridgehead atoms. The quantitative estimate of drug-likeness (QED) is 0.898.